The number of rotatable bonds is 5. The van der Waals surface area contributed by atoms with Gasteiger partial charge in [-0.3, -0.25) is 4.79 Å². The summed E-state index contributed by atoms with van der Waals surface area (Å²) in [6.45, 7) is 3.14. The molecule has 25 heavy (non-hydrogen) atoms. The third kappa shape index (κ3) is 4.26. The van der Waals surface area contributed by atoms with Crippen LogP contribution in [0.1, 0.15) is 36.0 Å². The van der Waals surface area contributed by atoms with E-state index in [2.05, 4.69) is 0 Å². The second-order valence-corrected chi connectivity index (χ2v) is 6.68. The van der Waals surface area contributed by atoms with Gasteiger partial charge in [0.2, 0.25) is 0 Å². The van der Waals surface area contributed by atoms with Crippen molar-refractivity contribution in [1.29, 1.82) is 0 Å². The van der Waals surface area contributed by atoms with Crippen molar-refractivity contribution >= 4 is 5.97 Å². The molecule has 0 spiro atoms. The Kier molecular flexibility index (Phi) is 5.49. The Balaban J connectivity index is 1.74. The summed E-state index contributed by atoms with van der Waals surface area (Å²) >= 11 is 0. The van der Waals surface area contributed by atoms with Gasteiger partial charge in [-0.05, 0) is 42.5 Å². The molecule has 0 aliphatic carbocycles. The summed E-state index contributed by atoms with van der Waals surface area (Å²) in [5, 5.41) is 0. The number of carbonyl (C=O) groups is 1. The van der Waals surface area contributed by atoms with E-state index in [1.165, 1.54) is 0 Å². The van der Waals surface area contributed by atoms with Crippen molar-refractivity contribution in [2.24, 2.45) is 0 Å². The molecule has 0 N–H and O–H groups in total. The van der Waals surface area contributed by atoms with Crippen molar-refractivity contribution < 1.29 is 18.7 Å². The van der Waals surface area contributed by atoms with Gasteiger partial charge < -0.3 is 9.47 Å². The lowest BCUT2D eigenvalue weighted by Gasteiger charge is -2.37. The SMILES string of the molecule is Cc1ccc(C2(CC(=O)OCc3ccccc3)CCOCC2)cc1F. The summed E-state index contributed by atoms with van der Waals surface area (Å²) in [5.41, 5.74) is 2.01. The fourth-order valence-corrected chi connectivity index (χ4v) is 3.32. The molecule has 1 aliphatic rings. The van der Waals surface area contributed by atoms with Crippen molar-refractivity contribution in [3.05, 3.63) is 71.0 Å². The van der Waals surface area contributed by atoms with Crippen molar-refractivity contribution in [3.63, 3.8) is 0 Å². The van der Waals surface area contributed by atoms with Crippen molar-refractivity contribution in [2.75, 3.05) is 13.2 Å². The maximum Gasteiger partial charge on any atom is 0.307 e. The zero-order chi connectivity index (χ0) is 17.7. The normalized spacial score (nSPS) is 16.4. The first kappa shape index (κ1) is 17.6. The Bertz CT molecular complexity index is 721. The van der Waals surface area contributed by atoms with E-state index < -0.39 is 5.41 Å². The van der Waals surface area contributed by atoms with Crippen LogP contribution >= 0.6 is 0 Å². The molecule has 1 aliphatic heterocycles. The van der Waals surface area contributed by atoms with Gasteiger partial charge in [0.25, 0.3) is 0 Å². The number of carbonyl (C=O) groups excluding carboxylic acids is 1. The van der Waals surface area contributed by atoms with E-state index in [1.54, 1.807) is 19.1 Å². The maximum absolute atomic E-state index is 14.1. The van der Waals surface area contributed by atoms with E-state index in [4.69, 9.17) is 9.47 Å². The van der Waals surface area contributed by atoms with Gasteiger partial charge in [-0.15, -0.1) is 0 Å². The van der Waals surface area contributed by atoms with Crippen LogP contribution in [0, 0.1) is 12.7 Å². The molecule has 0 saturated carbocycles. The average molecular weight is 342 g/mol. The van der Waals surface area contributed by atoms with Gasteiger partial charge >= 0.3 is 5.97 Å². The second kappa shape index (κ2) is 7.79. The van der Waals surface area contributed by atoms with Crippen molar-refractivity contribution in [1.82, 2.24) is 0 Å². The lowest BCUT2D eigenvalue weighted by Crippen LogP contribution is -2.36. The Morgan fingerprint density at radius 3 is 2.56 bits per heavy atom. The van der Waals surface area contributed by atoms with Crippen LogP contribution in [0.2, 0.25) is 0 Å². The van der Waals surface area contributed by atoms with Gasteiger partial charge in [0, 0.05) is 18.6 Å². The molecular weight excluding hydrogens is 319 g/mol. The van der Waals surface area contributed by atoms with Crippen LogP contribution in [0.5, 0.6) is 0 Å². The Morgan fingerprint density at radius 2 is 1.88 bits per heavy atom. The summed E-state index contributed by atoms with van der Waals surface area (Å²) in [7, 11) is 0. The number of ether oxygens (including phenoxy) is 2. The summed E-state index contributed by atoms with van der Waals surface area (Å²) in [5.74, 6) is -0.493. The Morgan fingerprint density at radius 1 is 1.16 bits per heavy atom. The standard InChI is InChI=1S/C21H23FO3/c1-16-7-8-18(13-19(16)22)21(9-11-24-12-10-21)14-20(23)25-15-17-5-3-2-4-6-17/h2-8,13H,9-12,14-15H2,1H3. The highest BCUT2D eigenvalue weighted by Crippen LogP contribution is 2.39. The Labute approximate surface area is 147 Å². The predicted molar refractivity (Wildman–Crippen MR) is 93.7 cm³/mol. The maximum atomic E-state index is 14.1. The number of benzene rings is 2. The summed E-state index contributed by atoms with van der Waals surface area (Å²) < 4.78 is 25.0. The minimum Gasteiger partial charge on any atom is -0.461 e. The fourth-order valence-electron chi connectivity index (χ4n) is 3.32. The lowest BCUT2D eigenvalue weighted by atomic mass is 9.71. The molecule has 1 saturated heterocycles. The Hall–Kier alpha value is -2.20. The van der Waals surface area contributed by atoms with E-state index in [0.717, 1.165) is 11.1 Å². The van der Waals surface area contributed by atoms with E-state index in [-0.39, 0.29) is 24.8 Å². The second-order valence-electron chi connectivity index (χ2n) is 6.68. The molecule has 2 aromatic carbocycles. The highest BCUT2D eigenvalue weighted by atomic mass is 19.1. The zero-order valence-electron chi connectivity index (χ0n) is 14.5. The highest BCUT2D eigenvalue weighted by Gasteiger charge is 2.37. The molecule has 1 heterocycles. The zero-order valence-corrected chi connectivity index (χ0v) is 14.5. The summed E-state index contributed by atoms with van der Waals surface area (Å²) in [6, 6.07) is 14.9. The fraction of sp³-hybridized carbons (Fsp3) is 0.381. The molecule has 3 nitrogen and oxygen atoms in total. The molecule has 0 aromatic heterocycles. The van der Waals surface area contributed by atoms with E-state index in [0.29, 0.717) is 31.6 Å². The van der Waals surface area contributed by atoms with Gasteiger partial charge in [0.15, 0.2) is 0 Å². The minimum absolute atomic E-state index is 0.235. The number of hydrogen-bond donors (Lipinski definition) is 0. The van der Waals surface area contributed by atoms with Crippen LogP contribution in [0.4, 0.5) is 4.39 Å². The molecule has 0 radical (unpaired) electrons. The molecule has 0 atom stereocenters. The van der Waals surface area contributed by atoms with Crippen LogP contribution in [0.15, 0.2) is 48.5 Å². The molecule has 0 bridgehead atoms. The lowest BCUT2D eigenvalue weighted by molar-refractivity contribution is -0.147. The summed E-state index contributed by atoms with van der Waals surface area (Å²) in [6.07, 6.45) is 1.62. The topological polar surface area (TPSA) is 35.5 Å². The number of esters is 1. The van der Waals surface area contributed by atoms with E-state index in [1.807, 2.05) is 36.4 Å². The first-order valence-electron chi connectivity index (χ1n) is 8.63. The quantitative estimate of drug-likeness (QED) is 0.759. The van der Waals surface area contributed by atoms with Gasteiger partial charge in [0.05, 0.1) is 6.42 Å². The van der Waals surface area contributed by atoms with Gasteiger partial charge in [-0.1, -0.05) is 42.5 Å². The summed E-state index contributed by atoms with van der Waals surface area (Å²) in [4.78, 5) is 12.5. The minimum atomic E-state index is -0.416. The van der Waals surface area contributed by atoms with Gasteiger partial charge in [-0.2, -0.15) is 0 Å². The van der Waals surface area contributed by atoms with Crippen molar-refractivity contribution in [3.8, 4) is 0 Å². The van der Waals surface area contributed by atoms with Crippen LogP contribution in [-0.2, 0) is 26.3 Å². The van der Waals surface area contributed by atoms with Crippen molar-refractivity contribution in [2.45, 2.75) is 38.2 Å². The average Bonchev–Trinajstić information content (AvgIpc) is 2.64. The van der Waals surface area contributed by atoms with Crippen LogP contribution in [0.3, 0.4) is 0 Å². The smallest absolute Gasteiger partial charge is 0.307 e. The monoisotopic (exact) mass is 342 g/mol. The molecular formula is C21H23FO3. The number of hydrogen-bond acceptors (Lipinski definition) is 3. The van der Waals surface area contributed by atoms with E-state index >= 15 is 0 Å². The van der Waals surface area contributed by atoms with Crippen LogP contribution in [0.25, 0.3) is 0 Å². The first-order valence-corrected chi connectivity index (χ1v) is 8.63. The number of halogens is 1. The van der Waals surface area contributed by atoms with Crippen LogP contribution < -0.4 is 0 Å². The highest BCUT2D eigenvalue weighted by molar-refractivity contribution is 5.71. The predicted octanol–water partition coefficient (Wildman–Crippen LogP) is 4.32. The molecule has 132 valence electrons. The molecule has 1 fully saturated rings. The number of aryl methyl sites for hydroxylation is 1. The first-order chi connectivity index (χ1) is 12.1. The third-order valence-corrected chi connectivity index (χ3v) is 4.96. The molecule has 0 unspecified atom stereocenters. The molecule has 3 rings (SSSR count). The third-order valence-electron chi connectivity index (χ3n) is 4.96. The van der Waals surface area contributed by atoms with E-state index in [9.17, 15) is 9.18 Å². The van der Waals surface area contributed by atoms with Gasteiger partial charge in [-0.25, -0.2) is 4.39 Å². The largest absolute Gasteiger partial charge is 0.461 e. The molecule has 2 aromatic rings. The van der Waals surface area contributed by atoms with Gasteiger partial charge in [0.1, 0.15) is 12.4 Å². The molecule has 4 heteroatoms. The van der Waals surface area contributed by atoms with Crippen LogP contribution in [-0.4, -0.2) is 19.2 Å². The molecule has 0 amide bonds.